The highest BCUT2D eigenvalue weighted by Gasteiger charge is 2.38. The van der Waals surface area contributed by atoms with E-state index in [9.17, 15) is 9.59 Å². The second-order valence-corrected chi connectivity index (χ2v) is 7.97. The minimum absolute atomic E-state index is 0.0728. The van der Waals surface area contributed by atoms with E-state index >= 15 is 0 Å². The Morgan fingerprint density at radius 1 is 1.24 bits per heavy atom. The smallest absolute Gasteiger partial charge is 0.250 e. The molecule has 0 radical (unpaired) electrons. The Balaban J connectivity index is 2.42. The summed E-state index contributed by atoms with van der Waals surface area (Å²) in [5.74, 6) is -0.157. The lowest BCUT2D eigenvalue weighted by Gasteiger charge is -2.32. The van der Waals surface area contributed by atoms with Crippen LogP contribution in [0.5, 0.6) is 0 Å². The summed E-state index contributed by atoms with van der Waals surface area (Å²) in [5, 5.41) is 2.84. The fourth-order valence-corrected chi connectivity index (χ4v) is 3.56. The molecule has 1 aliphatic rings. The van der Waals surface area contributed by atoms with Gasteiger partial charge in [0.2, 0.25) is 11.8 Å². The van der Waals surface area contributed by atoms with Gasteiger partial charge in [-0.25, -0.2) is 0 Å². The Morgan fingerprint density at radius 3 is 2.48 bits per heavy atom. The molecule has 0 spiro atoms. The van der Waals surface area contributed by atoms with Gasteiger partial charge in [0.15, 0.2) is 0 Å². The number of carbonyl (C=O) groups excluding carboxylic acids is 2. The van der Waals surface area contributed by atoms with Gasteiger partial charge in [-0.1, -0.05) is 36.7 Å². The first-order valence-electron chi connectivity index (χ1n) is 6.76. The third-order valence-electron chi connectivity index (χ3n) is 3.45. The molecule has 1 N–H and O–H groups in total. The van der Waals surface area contributed by atoms with Crippen molar-refractivity contribution in [3.63, 3.8) is 0 Å². The molecule has 0 aromatic heterocycles. The number of nitrogens with zero attached hydrogens (tertiary/aromatic N) is 1. The number of carbonyl (C=O) groups is 2. The van der Waals surface area contributed by atoms with E-state index in [0.717, 1.165) is 14.6 Å². The molecule has 1 heterocycles. The van der Waals surface area contributed by atoms with Gasteiger partial charge in [-0.05, 0) is 39.5 Å². The first kappa shape index (κ1) is 16.5. The highest BCUT2D eigenvalue weighted by atomic mass is 79.9. The lowest BCUT2D eigenvalue weighted by Crippen LogP contribution is -2.52. The van der Waals surface area contributed by atoms with Crippen LogP contribution in [0.1, 0.15) is 27.2 Å². The van der Waals surface area contributed by atoms with Crippen LogP contribution in [0.4, 0.5) is 5.69 Å². The first-order valence-corrected chi connectivity index (χ1v) is 8.34. The highest BCUT2D eigenvalue weighted by molar-refractivity contribution is 9.11. The molecular formula is C15H18Br2N2O2. The molecule has 4 nitrogen and oxygen atoms in total. The predicted octanol–water partition coefficient (Wildman–Crippen LogP) is 3.48. The summed E-state index contributed by atoms with van der Waals surface area (Å²) in [6.45, 7) is 6.25. The van der Waals surface area contributed by atoms with E-state index in [2.05, 4.69) is 37.2 Å². The second kappa shape index (κ2) is 6.08. The van der Waals surface area contributed by atoms with Crippen molar-refractivity contribution in [1.29, 1.82) is 0 Å². The summed E-state index contributed by atoms with van der Waals surface area (Å²) in [7, 11) is 0. The SMILES string of the molecule is CC(C)(C)C1NC(=O)CCN(c2ccc(Br)cc2Br)C1=O. The van der Waals surface area contributed by atoms with Gasteiger partial charge < -0.3 is 10.2 Å². The van der Waals surface area contributed by atoms with Gasteiger partial charge in [-0.2, -0.15) is 0 Å². The largest absolute Gasteiger partial charge is 0.344 e. The maximum atomic E-state index is 12.9. The number of anilines is 1. The van der Waals surface area contributed by atoms with Crippen molar-refractivity contribution < 1.29 is 9.59 Å². The van der Waals surface area contributed by atoms with Crippen LogP contribution in [-0.4, -0.2) is 24.4 Å². The minimum Gasteiger partial charge on any atom is -0.344 e. The van der Waals surface area contributed by atoms with Gasteiger partial charge >= 0.3 is 0 Å². The van der Waals surface area contributed by atoms with Crippen LogP contribution in [0.3, 0.4) is 0 Å². The van der Waals surface area contributed by atoms with Crippen molar-refractivity contribution >= 4 is 49.4 Å². The molecule has 6 heteroatoms. The van der Waals surface area contributed by atoms with Crippen molar-refractivity contribution in [2.45, 2.75) is 33.2 Å². The second-order valence-electron chi connectivity index (χ2n) is 6.20. The number of amides is 2. The minimum atomic E-state index is -0.525. The van der Waals surface area contributed by atoms with E-state index in [-0.39, 0.29) is 17.2 Å². The molecule has 2 rings (SSSR count). The van der Waals surface area contributed by atoms with Crippen molar-refractivity contribution in [2.24, 2.45) is 5.41 Å². The zero-order valence-electron chi connectivity index (χ0n) is 12.2. The van der Waals surface area contributed by atoms with E-state index in [0.29, 0.717) is 13.0 Å². The number of halogens is 2. The zero-order valence-corrected chi connectivity index (χ0v) is 15.4. The molecule has 0 aliphatic carbocycles. The van der Waals surface area contributed by atoms with Crippen molar-refractivity contribution in [2.75, 3.05) is 11.4 Å². The van der Waals surface area contributed by atoms with Crippen LogP contribution in [0, 0.1) is 5.41 Å². The number of hydrogen-bond acceptors (Lipinski definition) is 2. The quantitative estimate of drug-likeness (QED) is 0.760. The molecule has 0 saturated carbocycles. The van der Waals surface area contributed by atoms with Crippen LogP contribution < -0.4 is 10.2 Å². The highest BCUT2D eigenvalue weighted by Crippen LogP contribution is 2.32. The van der Waals surface area contributed by atoms with Gasteiger partial charge in [0, 0.05) is 21.9 Å². The topological polar surface area (TPSA) is 49.4 Å². The van der Waals surface area contributed by atoms with Crippen molar-refractivity contribution in [3.05, 3.63) is 27.1 Å². The third-order valence-corrected chi connectivity index (χ3v) is 4.58. The molecule has 1 saturated heterocycles. The third kappa shape index (κ3) is 3.66. The van der Waals surface area contributed by atoms with Crippen LogP contribution >= 0.6 is 31.9 Å². The average molecular weight is 418 g/mol. The number of hydrogen-bond donors (Lipinski definition) is 1. The van der Waals surface area contributed by atoms with E-state index in [4.69, 9.17) is 0 Å². The fraction of sp³-hybridized carbons (Fsp3) is 0.467. The van der Waals surface area contributed by atoms with E-state index in [1.807, 2.05) is 39.0 Å². The standard InChI is InChI=1S/C15H18Br2N2O2/c1-15(2,3)13-14(21)19(7-6-12(20)18-13)11-5-4-9(16)8-10(11)17/h4-5,8,13H,6-7H2,1-3H3,(H,18,20). The number of nitrogens with one attached hydrogen (secondary N) is 1. The summed E-state index contributed by atoms with van der Waals surface area (Å²) in [6, 6.07) is 5.14. The van der Waals surface area contributed by atoms with E-state index in [1.165, 1.54) is 0 Å². The molecule has 1 fully saturated rings. The van der Waals surface area contributed by atoms with Gasteiger partial charge in [-0.15, -0.1) is 0 Å². The Labute approximate surface area is 141 Å². The molecule has 1 aliphatic heterocycles. The molecule has 0 bridgehead atoms. The monoisotopic (exact) mass is 416 g/mol. The van der Waals surface area contributed by atoms with Crippen molar-refractivity contribution in [3.8, 4) is 0 Å². The summed E-state index contributed by atoms with van der Waals surface area (Å²) >= 11 is 6.90. The maximum absolute atomic E-state index is 12.9. The lowest BCUT2D eigenvalue weighted by atomic mass is 9.86. The molecular weight excluding hydrogens is 400 g/mol. The molecule has 2 amide bonds. The summed E-state index contributed by atoms with van der Waals surface area (Å²) in [6.07, 6.45) is 0.306. The summed E-state index contributed by atoms with van der Waals surface area (Å²) in [4.78, 5) is 26.4. The average Bonchev–Trinajstić information content (AvgIpc) is 2.50. The molecule has 21 heavy (non-hydrogen) atoms. The predicted molar refractivity (Wildman–Crippen MR) is 90.2 cm³/mol. The molecule has 1 aromatic rings. The Bertz CT molecular complexity index is 582. The van der Waals surface area contributed by atoms with E-state index in [1.54, 1.807) is 4.90 Å². The van der Waals surface area contributed by atoms with Crippen molar-refractivity contribution in [1.82, 2.24) is 5.32 Å². The zero-order chi connectivity index (χ0) is 15.8. The molecule has 1 aromatic carbocycles. The number of rotatable bonds is 1. The summed E-state index contributed by atoms with van der Waals surface area (Å²) < 4.78 is 1.76. The van der Waals surface area contributed by atoms with E-state index < -0.39 is 6.04 Å². The Kier molecular flexibility index (Phi) is 4.78. The fourth-order valence-electron chi connectivity index (χ4n) is 2.30. The first-order chi connectivity index (χ1) is 9.70. The van der Waals surface area contributed by atoms with Crippen LogP contribution in [0.2, 0.25) is 0 Å². The molecule has 1 atom stereocenters. The van der Waals surface area contributed by atoms with Crippen LogP contribution in [0.25, 0.3) is 0 Å². The van der Waals surface area contributed by atoms with Gasteiger partial charge in [-0.3, -0.25) is 9.59 Å². The number of benzene rings is 1. The van der Waals surface area contributed by atoms with Gasteiger partial charge in [0.1, 0.15) is 6.04 Å². The summed E-state index contributed by atoms with van der Waals surface area (Å²) in [5.41, 5.74) is 0.450. The Hall–Kier alpha value is -0.880. The van der Waals surface area contributed by atoms with Crippen LogP contribution in [-0.2, 0) is 9.59 Å². The Morgan fingerprint density at radius 2 is 1.90 bits per heavy atom. The normalized spacial score (nSPS) is 20.2. The van der Waals surface area contributed by atoms with Gasteiger partial charge in [0.05, 0.1) is 5.69 Å². The lowest BCUT2D eigenvalue weighted by molar-refractivity contribution is -0.127. The van der Waals surface area contributed by atoms with Crippen LogP contribution in [0.15, 0.2) is 27.1 Å². The van der Waals surface area contributed by atoms with Gasteiger partial charge in [0.25, 0.3) is 0 Å². The molecule has 114 valence electrons. The molecule has 1 unspecified atom stereocenters. The maximum Gasteiger partial charge on any atom is 0.250 e.